The highest BCUT2D eigenvalue weighted by Crippen LogP contribution is 2.32. The van der Waals surface area contributed by atoms with E-state index in [-0.39, 0.29) is 0 Å². The molecule has 0 aromatic carbocycles. The second-order valence-electron chi connectivity index (χ2n) is 8.32. The average Bonchev–Trinajstić information content (AvgIpc) is 2.80. The van der Waals surface area contributed by atoms with Crippen LogP contribution in [0.1, 0.15) is 6.92 Å². The quantitative estimate of drug-likeness (QED) is 0.167. The third kappa shape index (κ3) is 5.32. The smallest absolute Gasteiger partial charge is 0.187 e. The fraction of sp³-hybridized carbons (Fsp3) is 1.00. The van der Waals surface area contributed by atoms with Crippen LogP contribution < -0.4 is 0 Å². The molecule has 0 bridgehead atoms. The second-order valence-corrected chi connectivity index (χ2v) is 8.32. The lowest BCUT2D eigenvalue weighted by Gasteiger charge is -2.48. The Labute approximate surface area is 187 Å². The van der Waals surface area contributed by atoms with E-state index in [0.717, 1.165) is 0 Å². The molecule has 3 aliphatic heterocycles. The van der Waals surface area contributed by atoms with Crippen molar-refractivity contribution in [1.29, 1.82) is 0 Å². The molecule has 33 heavy (non-hydrogen) atoms. The maximum atomic E-state index is 10.6. The molecular weight excluding hydrogens is 456 g/mol. The number of hydrogen-bond acceptors (Lipinski definition) is 15. The van der Waals surface area contributed by atoms with Gasteiger partial charge < -0.3 is 74.7 Å². The Kier molecular flexibility index (Phi) is 8.99. The summed E-state index contributed by atoms with van der Waals surface area (Å²) in [4.78, 5) is 0. The van der Waals surface area contributed by atoms with Gasteiger partial charge in [-0.2, -0.15) is 0 Å². The van der Waals surface area contributed by atoms with Crippen LogP contribution in [0.25, 0.3) is 0 Å². The van der Waals surface area contributed by atoms with Gasteiger partial charge in [0.05, 0.1) is 19.3 Å². The molecule has 0 amide bonds. The van der Waals surface area contributed by atoms with Gasteiger partial charge in [-0.25, -0.2) is 0 Å². The van der Waals surface area contributed by atoms with E-state index in [0.29, 0.717) is 0 Å². The Morgan fingerprint density at radius 2 is 1.12 bits per heavy atom. The first-order chi connectivity index (χ1) is 15.5. The summed E-state index contributed by atoms with van der Waals surface area (Å²) in [6.45, 7) is -0.128. The van der Waals surface area contributed by atoms with Crippen LogP contribution in [0.4, 0.5) is 0 Å². The molecule has 15 atom stereocenters. The molecule has 3 fully saturated rings. The molecule has 0 spiro atoms. The lowest BCUT2D eigenvalue weighted by Crippen LogP contribution is -2.66. The summed E-state index contributed by atoms with van der Waals surface area (Å²) >= 11 is 0. The monoisotopic (exact) mass is 488 g/mol. The zero-order valence-electron chi connectivity index (χ0n) is 17.6. The highest BCUT2D eigenvalue weighted by atomic mass is 16.8. The third-order valence-electron chi connectivity index (χ3n) is 6.05. The summed E-state index contributed by atoms with van der Waals surface area (Å²) in [6, 6.07) is 0. The Morgan fingerprint density at radius 3 is 1.73 bits per heavy atom. The molecule has 0 aromatic rings. The largest absolute Gasteiger partial charge is 0.394 e. The topological polar surface area (TPSA) is 248 Å². The van der Waals surface area contributed by atoms with Crippen LogP contribution >= 0.6 is 0 Å². The van der Waals surface area contributed by atoms with Gasteiger partial charge in [-0.05, 0) is 6.92 Å². The van der Waals surface area contributed by atoms with Gasteiger partial charge in [-0.15, -0.1) is 0 Å². The third-order valence-corrected chi connectivity index (χ3v) is 6.05. The van der Waals surface area contributed by atoms with E-state index in [9.17, 15) is 51.1 Å². The standard InChI is InChI=1S/C18H32O15/c1-4-7(21)9(23)13(27)17(29-4)33-15-10(24)8(22)5(2-19)31-18(15)32-14-6(3-20)30-16(28)12(26)11(14)25/h4-28H,2-3H2,1H3/t4-,5+,6+,7+,8-,9+,10-,11+,12+,13-,14+,15+,16?,17-,18-/m0/s1. The Morgan fingerprint density at radius 1 is 0.545 bits per heavy atom. The van der Waals surface area contributed by atoms with Gasteiger partial charge >= 0.3 is 0 Å². The number of aliphatic hydroxyl groups is 10. The van der Waals surface area contributed by atoms with Crippen LogP contribution in [0.3, 0.4) is 0 Å². The van der Waals surface area contributed by atoms with Crippen LogP contribution in [-0.4, -0.2) is 156 Å². The lowest BCUT2D eigenvalue weighted by atomic mass is 9.96. The molecule has 0 saturated carbocycles. The fourth-order valence-corrected chi connectivity index (χ4v) is 3.98. The van der Waals surface area contributed by atoms with Crippen molar-refractivity contribution in [3.8, 4) is 0 Å². The first-order valence-corrected chi connectivity index (χ1v) is 10.4. The molecule has 194 valence electrons. The van der Waals surface area contributed by atoms with E-state index >= 15 is 0 Å². The van der Waals surface area contributed by atoms with Gasteiger partial charge in [-0.3, -0.25) is 0 Å². The number of aliphatic hydroxyl groups excluding tert-OH is 10. The van der Waals surface area contributed by atoms with E-state index < -0.39 is 105 Å². The molecule has 3 saturated heterocycles. The molecule has 0 aliphatic carbocycles. The van der Waals surface area contributed by atoms with Crippen LogP contribution in [-0.2, 0) is 23.7 Å². The summed E-state index contributed by atoms with van der Waals surface area (Å²) in [7, 11) is 0. The summed E-state index contributed by atoms with van der Waals surface area (Å²) in [6.07, 6.45) is -24.1. The van der Waals surface area contributed by atoms with Crippen molar-refractivity contribution in [2.45, 2.75) is 99.0 Å². The second kappa shape index (κ2) is 11.0. The van der Waals surface area contributed by atoms with Crippen molar-refractivity contribution in [2.75, 3.05) is 13.2 Å². The van der Waals surface area contributed by atoms with Crippen molar-refractivity contribution in [2.24, 2.45) is 0 Å². The van der Waals surface area contributed by atoms with Crippen molar-refractivity contribution < 1.29 is 74.7 Å². The minimum absolute atomic E-state index is 0.760. The zero-order valence-corrected chi connectivity index (χ0v) is 17.6. The van der Waals surface area contributed by atoms with Crippen LogP contribution in [0, 0.1) is 0 Å². The number of rotatable bonds is 6. The minimum atomic E-state index is -1.83. The van der Waals surface area contributed by atoms with E-state index in [2.05, 4.69) is 0 Å². The molecule has 10 N–H and O–H groups in total. The van der Waals surface area contributed by atoms with Crippen molar-refractivity contribution in [3.05, 3.63) is 0 Å². The Hall–Kier alpha value is -0.600. The summed E-state index contributed by atoms with van der Waals surface area (Å²) in [5.41, 5.74) is 0. The summed E-state index contributed by atoms with van der Waals surface area (Å²) < 4.78 is 26.9. The van der Waals surface area contributed by atoms with Gasteiger partial charge in [0.1, 0.15) is 67.1 Å². The molecule has 1 unspecified atom stereocenters. The van der Waals surface area contributed by atoms with Crippen molar-refractivity contribution in [1.82, 2.24) is 0 Å². The van der Waals surface area contributed by atoms with E-state index in [1.165, 1.54) is 6.92 Å². The molecule has 3 aliphatic rings. The predicted molar refractivity (Wildman–Crippen MR) is 99.8 cm³/mol. The van der Waals surface area contributed by atoms with E-state index in [1.807, 2.05) is 0 Å². The minimum Gasteiger partial charge on any atom is -0.394 e. The molecule has 0 radical (unpaired) electrons. The first kappa shape index (κ1) is 27.0. The van der Waals surface area contributed by atoms with Gasteiger partial charge in [0.2, 0.25) is 0 Å². The SMILES string of the molecule is C[C@@H]1O[C@@H](O[C@H]2[C@H](O[C@H]3[C@H](O)[C@@H](O)C(O)O[C@@H]3CO)O[C@H](CO)[C@H](O)[C@@H]2O)[C@@H](O)[C@H](O)[C@@H]1O. The number of ether oxygens (including phenoxy) is 5. The molecular formula is C18H32O15. The van der Waals surface area contributed by atoms with Gasteiger partial charge in [0.15, 0.2) is 18.9 Å². The normalized spacial score (nSPS) is 53.7. The van der Waals surface area contributed by atoms with Crippen LogP contribution in [0.15, 0.2) is 0 Å². The van der Waals surface area contributed by atoms with Crippen LogP contribution in [0.2, 0.25) is 0 Å². The highest BCUT2D eigenvalue weighted by Gasteiger charge is 2.53. The van der Waals surface area contributed by atoms with Gasteiger partial charge in [-0.1, -0.05) is 0 Å². The van der Waals surface area contributed by atoms with Crippen molar-refractivity contribution in [3.63, 3.8) is 0 Å². The van der Waals surface area contributed by atoms with Crippen molar-refractivity contribution >= 4 is 0 Å². The van der Waals surface area contributed by atoms with E-state index in [1.54, 1.807) is 0 Å². The molecule has 15 heteroatoms. The Balaban J connectivity index is 1.83. The zero-order chi connectivity index (χ0) is 24.6. The van der Waals surface area contributed by atoms with Gasteiger partial charge in [0.25, 0.3) is 0 Å². The van der Waals surface area contributed by atoms with Gasteiger partial charge in [0, 0.05) is 0 Å². The number of hydrogen-bond donors (Lipinski definition) is 10. The summed E-state index contributed by atoms with van der Waals surface area (Å²) in [5.74, 6) is 0. The molecule has 3 heterocycles. The Bertz CT molecular complexity index is 624. The first-order valence-electron chi connectivity index (χ1n) is 10.4. The highest BCUT2D eigenvalue weighted by molar-refractivity contribution is 4.95. The van der Waals surface area contributed by atoms with Crippen LogP contribution in [0.5, 0.6) is 0 Å². The lowest BCUT2D eigenvalue weighted by molar-refractivity contribution is -0.385. The predicted octanol–water partition coefficient (Wildman–Crippen LogP) is -6.55. The molecule has 0 aromatic heterocycles. The maximum Gasteiger partial charge on any atom is 0.187 e. The van der Waals surface area contributed by atoms with E-state index in [4.69, 9.17) is 23.7 Å². The summed E-state index contributed by atoms with van der Waals surface area (Å²) in [5, 5.41) is 99.8. The molecule has 3 rings (SSSR count). The fourth-order valence-electron chi connectivity index (χ4n) is 3.98. The maximum absolute atomic E-state index is 10.6. The molecule has 15 nitrogen and oxygen atoms in total. The average molecular weight is 488 g/mol.